The average molecular weight is 441 g/mol. The van der Waals surface area contributed by atoms with E-state index in [0.717, 1.165) is 27.9 Å². The number of nitrogens with two attached hydrogens (primary N) is 1. The number of aromatic nitrogens is 1. The molecule has 0 spiro atoms. The lowest BCUT2D eigenvalue weighted by Gasteiger charge is -2.20. The van der Waals surface area contributed by atoms with Crippen molar-refractivity contribution in [2.75, 3.05) is 5.32 Å². The first kappa shape index (κ1) is 20.7. The van der Waals surface area contributed by atoms with Gasteiger partial charge in [0.15, 0.2) is 0 Å². The lowest BCUT2D eigenvalue weighted by Crippen LogP contribution is -2.42. The van der Waals surface area contributed by atoms with Crippen LogP contribution in [0.15, 0.2) is 60.9 Å². The number of hydrogen-bond acceptors (Lipinski definition) is 4. The van der Waals surface area contributed by atoms with Crippen molar-refractivity contribution in [2.45, 2.75) is 32.1 Å². The molecule has 3 N–H and O–H groups in total. The monoisotopic (exact) mass is 440 g/mol. The first-order chi connectivity index (χ1) is 14.5. The van der Waals surface area contributed by atoms with Crippen LogP contribution in [0.5, 0.6) is 0 Å². The predicted octanol–water partition coefficient (Wildman–Crippen LogP) is 4.41. The van der Waals surface area contributed by atoms with E-state index in [1.807, 2.05) is 30.5 Å². The molecule has 0 fully saturated rings. The van der Waals surface area contributed by atoms with Crippen LogP contribution < -0.4 is 11.1 Å². The van der Waals surface area contributed by atoms with Gasteiger partial charge in [-0.3, -0.25) is 9.78 Å². The summed E-state index contributed by atoms with van der Waals surface area (Å²) in [7, 11) is 0. The van der Waals surface area contributed by atoms with Crippen molar-refractivity contribution in [1.29, 1.82) is 0 Å². The van der Waals surface area contributed by atoms with E-state index in [2.05, 4.69) is 22.4 Å². The number of benzene rings is 2. The van der Waals surface area contributed by atoms with Crippen molar-refractivity contribution in [1.82, 2.24) is 9.88 Å². The molecule has 2 heterocycles. The van der Waals surface area contributed by atoms with Crippen LogP contribution in [-0.4, -0.2) is 21.8 Å². The largest absolute Gasteiger partial charge is 0.381 e. The van der Waals surface area contributed by atoms with Crippen LogP contribution in [0.4, 0.5) is 5.69 Å². The fraction of sp³-hybridized carbons (Fsp3) is 0.217. The molecule has 0 radical (unpaired) electrons. The molecule has 2 aromatic carbocycles. The van der Waals surface area contributed by atoms with Crippen molar-refractivity contribution in [3.05, 3.63) is 93.2 Å². The molecule has 0 saturated heterocycles. The molecule has 1 unspecified atom stereocenters. The van der Waals surface area contributed by atoms with Gasteiger partial charge in [-0.2, -0.15) is 0 Å². The van der Waals surface area contributed by atoms with Gasteiger partial charge in [0, 0.05) is 47.8 Å². The number of carbonyl (C=O) groups excluding carboxylic acids is 1. The van der Waals surface area contributed by atoms with E-state index in [9.17, 15) is 4.79 Å². The van der Waals surface area contributed by atoms with Crippen molar-refractivity contribution in [3.63, 3.8) is 0 Å². The Labute approximate surface area is 185 Å². The second-order valence-electron chi connectivity index (χ2n) is 7.44. The molecule has 30 heavy (non-hydrogen) atoms. The molecule has 154 valence electrons. The van der Waals surface area contributed by atoms with Gasteiger partial charge in [0.2, 0.25) is 5.91 Å². The van der Waals surface area contributed by atoms with Gasteiger partial charge in [0.05, 0.1) is 6.04 Å². The highest BCUT2D eigenvalue weighted by Crippen LogP contribution is 2.27. The maximum atomic E-state index is 12.9. The zero-order chi connectivity index (χ0) is 21.1. The van der Waals surface area contributed by atoms with Crippen LogP contribution in [0.3, 0.4) is 0 Å². The van der Waals surface area contributed by atoms with Gasteiger partial charge < -0.3 is 16.0 Å². The summed E-state index contributed by atoms with van der Waals surface area (Å²) in [5.74, 6) is -0.0814. The Balaban J connectivity index is 1.38. The summed E-state index contributed by atoms with van der Waals surface area (Å²) in [6.45, 7) is 1.82. The predicted molar refractivity (Wildman–Crippen MR) is 120 cm³/mol. The Kier molecular flexibility index (Phi) is 6.23. The van der Waals surface area contributed by atoms with Crippen LogP contribution in [0.2, 0.25) is 10.0 Å². The number of anilines is 1. The SMILES string of the molecule is NC(Cc1ccc(Cl)cc1Cl)C(=O)N1Cc2ccc(NCc3cccnc3)cc2C1. The lowest BCUT2D eigenvalue weighted by atomic mass is 10.1. The molecular weight excluding hydrogens is 419 g/mol. The van der Waals surface area contributed by atoms with Crippen LogP contribution >= 0.6 is 23.2 Å². The minimum atomic E-state index is -0.652. The summed E-state index contributed by atoms with van der Waals surface area (Å²) in [4.78, 5) is 18.8. The fourth-order valence-electron chi connectivity index (χ4n) is 3.61. The van der Waals surface area contributed by atoms with Crippen LogP contribution in [0.25, 0.3) is 0 Å². The molecule has 1 aliphatic heterocycles. The van der Waals surface area contributed by atoms with Crippen LogP contribution in [0, 0.1) is 0 Å². The van der Waals surface area contributed by atoms with E-state index in [0.29, 0.717) is 36.1 Å². The number of nitrogens with zero attached hydrogens (tertiary/aromatic N) is 2. The Morgan fingerprint density at radius 2 is 1.97 bits per heavy atom. The van der Waals surface area contributed by atoms with Crippen molar-refractivity contribution in [2.24, 2.45) is 5.73 Å². The third kappa shape index (κ3) is 4.75. The first-order valence-electron chi connectivity index (χ1n) is 9.72. The molecule has 1 atom stereocenters. The molecule has 1 amide bonds. The number of fused-ring (bicyclic) bond motifs is 1. The molecular formula is C23H22Cl2N4O. The standard InChI is InChI=1S/C23H22Cl2N4O/c24-19-5-3-16(21(25)10-19)9-22(26)23(30)29-13-17-4-6-20(8-18(17)14-29)28-12-15-2-1-7-27-11-15/h1-8,10-11,22,28H,9,12-14,26H2. The molecule has 4 rings (SSSR count). The van der Waals surface area contributed by atoms with Crippen molar-refractivity contribution >= 4 is 34.8 Å². The molecule has 0 aliphatic carbocycles. The number of hydrogen-bond donors (Lipinski definition) is 2. The first-order valence-corrected chi connectivity index (χ1v) is 10.5. The number of nitrogens with one attached hydrogen (secondary N) is 1. The number of halogens is 2. The molecule has 3 aromatic rings. The van der Waals surface area contributed by atoms with Gasteiger partial charge in [-0.05, 0) is 59.0 Å². The number of rotatable bonds is 6. The minimum absolute atomic E-state index is 0.0814. The topological polar surface area (TPSA) is 71.2 Å². The van der Waals surface area contributed by atoms with E-state index >= 15 is 0 Å². The van der Waals surface area contributed by atoms with Gasteiger partial charge in [-0.25, -0.2) is 0 Å². The van der Waals surface area contributed by atoms with E-state index in [-0.39, 0.29) is 5.91 Å². The Morgan fingerprint density at radius 1 is 1.13 bits per heavy atom. The van der Waals surface area contributed by atoms with Crippen LogP contribution in [-0.2, 0) is 30.8 Å². The normalized spacial score (nSPS) is 13.8. The molecule has 1 aromatic heterocycles. The average Bonchev–Trinajstić information content (AvgIpc) is 3.17. The second-order valence-corrected chi connectivity index (χ2v) is 8.28. The Bertz CT molecular complexity index is 1060. The van der Waals surface area contributed by atoms with E-state index in [4.69, 9.17) is 28.9 Å². The second kappa shape index (κ2) is 9.04. The van der Waals surface area contributed by atoms with Crippen LogP contribution in [0.1, 0.15) is 22.3 Å². The highest BCUT2D eigenvalue weighted by atomic mass is 35.5. The number of amides is 1. The van der Waals surface area contributed by atoms with Gasteiger partial charge in [-0.1, -0.05) is 41.4 Å². The van der Waals surface area contributed by atoms with Crippen molar-refractivity contribution < 1.29 is 4.79 Å². The van der Waals surface area contributed by atoms with Gasteiger partial charge >= 0.3 is 0 Å². The zero-order valence-corrected chi connectivity index (χ0v) is 17.8. The third-order valence-corrected chi connectivity index (χ3v) is 5.82. The Hall–Kier alpha value is -2.60. The summed E-state index contributed by atoms with van der Waals surface area (Å²) in [5, 5.41) is 4.50. The highest BCUT2D eigenvalue weighted by Gasteiger charge is 2.27. The smallest absolute Gasteiger partial charge is 0.240 e. The lowest BCUT2D eigenvalue weighted by molar-refractivity contribution is -0.133. The third-order valence-electron chi connectivity index (χ3n) is 5.23. The molecule has 7 heteroatoms. The maximum absolute atomic E-state index is 12.9. The quantitative estimate of drug-likeness (QED) is 0.595. The Morgan fingerprint density at radius 3 is 2.73 bits per heavy atom. The zero-order valence-electron chi connectivity index (χ0n) is 16.3. The van der Waals surface area contributed by atoms with Crippen molar-refractivity contribution in [3.8, 4) is 0 Å². The number of pyridine rings is 1. The number of carbonyl (C=O) groups is 1. The minimum Gasteiger partial charge on any atom is -0.381 e. The van der Waals surface area contributed by atoms with Gasteiger partial charge in [0.1, 0.15) is 0 Å². The van der Waals surface area contributed by atoms with Gasteiger partial charge in [-0.15, -0.1) is 0 Å². The van der Waals surface area contributed by atoms with E-state index in [1.165, 1.54) is 0 Å². The molecule has 1 aliphatic rings. The summed E-state index contributed by atoms with van der Waals surface area (Å²) in [5.41, 5.74) is 11.4. The summed E-state index contributed by atoms with van der Waals surface area (Å²) in [6.07, 6.45) is 3.98. The van der Waals surface area contributed by atoms with E-state index in [1.54, 1.807) is 23.2 Å². The molecule has 0 bridgehead atoms. The van der Waals surface area contributed by atoms with Gasteiger partial charge in [0.25, 0.3) is 0 Å². The van der Waals surface area contributed by atoms with E-state index < -0.39 is 6.04 Å². The fourth-order valence-corrected chi connectivity index (χ4v) is 4.10. The highest BCUT2D eigenvalue weighted by molar-refractivity contribution is 6.35. The molecule has 5 nitrogen and oxygen atoms in total. The molecule has 0 saturated carbocycles. The summed E-state index contributed by atoms with van der Waals surface area (Å²) in [6, 6.07) is 14.7. The maximum Gasteiger partial charge on any atom is 0.240 e. The summed E-state index contributed by atoms with van der Waals surface area (Å²) >= 11 is 12.2. The summed E-state index contributed by atoms with van der Waals surface area (Å²) < 4.78 is 0.